The lowest BCUT2D eigenvalue weighted by Crippen LogP contribution is -2.11. The molecule has 1 unspecified atom stereocenters. The minimum absolute atomic E-state index is 0.0614. The number of hydrogen-bond acceptors (Lipinski definition) is 1. The number of benzene rings is 1. The molecule has 1 aromatic rings. The quantitative estimate of drug-likeness (QED) is 0.716. The van der Waals surface area contributed by atoms with Crippen molar-refractivity contribution in [2.24, 2.45) is 5.92 Å². The second-order valence-electron chi connectivity index (χ2n) is 3.02. The molecule has 0 aromatic heterocycles. The average Bonchev–Trinajstić information content (AvgIpc) is 2.41. The summed E-state index contributed by atoms with van der Waals surface area (Å²) in [5.74, 6) is 2.29. The van der Waals surface area contributed by atoms with E-state index in [1.807, 2.05) is 58.0 Å². The van der Waals surface area contributed by atoms with Gasteiger partial charge in [-0.3, -0.25) is 4.79 Å². The van der Waals surface area contributed by atoms with Gasteiger partial charge >= 0.3 is 0 Å². The van der Waals surface area contributed by atoms with Crippen molar-refractivity contribution >= 4 is 5.78 Å². The minimum Gasteiger partial charge on any atom is -0.299 e. The Kier molecular flexibility index (Phi) is 13.1. The van der Waals surface area contributed by atoms with E-state index >= 15 is 0 Å². The van der Waals surface area contributed by atoms with Crippen molar-refractivity contribution in [3.8, 4) is 12.3 Å². The highest BCUT2D eigenvalue weighted by Gasteiger charge is 2.10. The second-order valence-corrected chi connectivity index (χ2v) is 3.02. The van der Waals surface area contributed by atoms with Crippen molar-refractivity contribution in [2.75, 3.05) is 0 Å². The first-order valence-corrected chi connectivity index (χ1v) is 6.24. The molecule has 1 aromatic carbocycles. The summed E-state index contributed by atoms with van der Waals surface area (Å²) in [5, 5.41) is 0. The van der Waals surface area contributed by atoms with Gasteiger partial charge in [-0.1, -0.05) is 63.9 Å². The van der Waals surface area contributed by atoms with Gasteiger partial charge in [-0.05, 0) is 18.9 Å². The first-order valence-electron chi connectivity index (χ1n) is 6.24. The van der Waals surface area contributed by atoms with E-state index in [0.29, 0.717) is 6.42 Å². The Morgan fingerprint density at radius 3 is 2.00 bits per heavy atom. The van der Waals surface area contributed by atoms with Crippen LogP contribution in [-0.4, -0.2) is 5.78 Å². The van der Waals surface area contributed by atoms with Crippen molar-refractivity contribution in [1.82, 2.24) is 0 Å². The lowest BCUT2D eigenvalue weighted by Gasteiger charge is -2.05. The third kappa shape index (κ3) is 8.28. The molecule has 0 spiro atoms. The molecule has 0 bridgehead atoms. The fourth-order valence-corrected chi connectivity index (χ4v) is 1.17. The second kappa shape index (κ2) is 12.5. The summed E-state index contributed by atoms with van der Waals surface area (Å²) in [7, 11) is 0. The van der Waals surface area contributed by atoms with Crippen LogP contribution < -0.4 is 0 Å². The first-order chi connectivity index (χ1) is 8.24. The Balaban J connectivity index is 0. The van der Waals surface area contributed by atoms with Gasteiger partial charge in [0.05, 0.1) is 5.92 Å². The van der Waals surface area contributed by atoms with Crippen LogP contribution in [0.4, 0.5) is 0 Å². The van der Waals surface area contributed by atoms with Crippen LogP contribution in [0.3, 0.4) is 0 Å². The van der Waals surface area contributed by atoms with Crippen LogP contribution in [0.15, 0.2) is 30.3 Å². The van der Waals surface area contributed by atoms with Crippen molar-refractivity contribution in [2.45, 2.75) is 41.0 Å². The largest absolute Gasteiger partial charge is 0.299 e. The molecule has 17 heavy (non-hydrogen) atoms. The maximum atomic E-state index is 11.0. The van der Waals surface area contributed by atoms with Crippen molar-refractivity contribution < 1.29 is 4.79 Å². The lowest BCUT2D eigenvalue weighted by molar-refractivity contribution is -0.119. The van der Waals surface area contributed by atoms with Gasteiger partial charge in [-0.25, -0.2) is 0 Å². The van der Waals surface area contributed by atoms with Gasteiger partial charge in [0.2, 0.25) is 0 Å². The zero-order chi connectivity index (χ0) is 13.7. The minimum atomic E-state index is -0.276. The molecule has 0 aliphatic rings. The third-order valence-electron chi connectivity index (χ3n) is 1.97. The molecule has 1 heteroatoms. The van der Waals surface area contributed by atoms with E-state index < -0.39 is 0 Å². The maximum Gasteiger partial charge on any atom is 0.145 e. The predicted molar refractivity (Wildman–Crippen MR) is 75.8 cm³/mol. The van der Waals surface area contributed by atoms with E-state index in [1.54, 1.807) is 0 Å². The number of hydrogen-bond donors (Lipinski definition) is 0. The molecule has 0 N–H and O–H groups in total. The Labute approximate surface area is 106 Å². The van der Waals surface area contributed by atoms with E-state index in [4.69, 9.17) is 6.42 Å². The van der Waals surface area contributed by atoms with Gasteiger partial charge < -0.3 is 0 Å². The van der Waals surface area contributed by atoms with Crippen LogP contribution in [0.25, 0.3) is 0 Å². The molecule has 0 fully saturated rings. The number of Topliss-reactive ketones (excluding diaryl/α,β-unsaturated/α-hetero) is 1. The van der Waals surface area contributed by atoms with Crippen LogP contribution in [0.1, 0.15) is 40.2 Å². The number of carbonyl (C=O) groups is 1. The Morgan fingerprint density at radius 2 is 1.65 bits per heavy atom. The molecule has 0 radical (unpaired) electrons. The van der Waals surface area contributed by atoms with E-state index in [0.717, 1.165) is 5.56 Å². The first kappa shape index (κ1) is 17.8. The highest BCUT2D eigenvalue weighted by atomic mass is 16.1. The van der Waals surface area contributed by atoms with Gasteiger partial charge in [0.15, 0.2) is 0 Å². The van der Waals surface area contributed by atoms with Crippen molar-refractivity contribution in [1.29, 1.82) is 0 Å². The molecule has 0 aliphatic carbocycles. The summed E-state index contributed by atoms with van der Waals surface area (Å²) in [5.41, 5.74) is 1.11. The predicted octanol–water partition coefficient (Wildman–Crippen LogP) is 4.12. The monoisotopic (exact) mass is 232 g/mol. The zero-order valence-electron chi connectivity index (χ0n) is 11.7. The van der Waals surface area contributed by atoms with Gasteiger partial charge in [0.1, 0.15) is 5.78 Å². The summed E-state index contributed by atoms with van der Waals surface area (Å²) in [6.45, 7) is 9.54. The fraction of sp³-hybridized carbons (Fsp3) is 0.438. The van der Waals surface area contributed by atoms with Crippen LogP contribution in [0.2, 0.25) is 0 Å². The summed E-state index contributed by atoms with van der Waals surface area (Å²) in [6, 6.07) is 9.80. The lowest BCUT2D eigenvalue weighted by atomic mass is 9.97. The van der Waals surface area contributed by atoms with Gasteiger partial charge in [0, 0.05) is 0 Å². The van der Waals surface area contributed by atoms with Gasteiger partial charge in [0.25, 0.3) is 0 Å². The van der Waals surface area contributed by atoms with E-state index in [1.165, 1.54) is 6.92 Å². The van der Waals surface area contributed by atoms with Crippen molar-refractivity contribution in [3.63, 3.8) is 0 Å². The Hall–Kier alpha value is -1.55. The van der Waals surface area contributed by atoms with E-state index in [9.17, 15) is 4.79 Å². The molecular formula is C16H24O. The van der Waals surface area contributed by atoms with Crippen LogP contribution >= 0.6 is 0 Å². The molecule has 1 rings (SSSR count). The molecule has 0 saturated carbocycles. The van der Waals surface area contributed by atoms with Gasteiger partial charge in [-0.15, -0.1) is 6.42 Å². The SMILES string of the molecule is C#CC(Cc1ccccc1)C(C)=O.CC.CC. The molecule has 1 atom stereocenters. The number of ketones is 1. The Morgan fingerprint density at radius 1 is 1.18 bits per heavy atom. The normalized spacial score (nSPS) is 9.65. The standard InChI is InChI=1S/C12H12O.2C2H6/c1-3-12(10(2)13)9-11-7-5-4-6-8-11;2*1-2/h1,4-8,12H,9H2,2H3;2*1-2H3. The molecule has 0 heterocycles. The van der Waals surface area contributed by atoms with Crippen LogP contribution in [0.5, 0.6) is 0 Å². The molecule has 0 saturated heterocycles. The van der Waals surface area contributed by atoms with Crippen LogP contribution in [-0.2, 0) is 11.2 Å². The summed E-state index contributed by atoms with van der Waals surface area (Å²) in [6.07, 6.45) is 5.90. The van der Waals surface area contributed by atoms with E-state index in [-0.39, 0.29) is 11.7 Å². The average molecular weight is 232 g/mol. The maximum absolute atomic E-state index is 11.0. The highest BCUT2D eigenvalue weighted by Crippen LogP contribution is 2.08. The molecule has 0 aliphatic heterocycles. The summed E-state index contributed by atoms with van der Waals surface area (Å²) >= 11 is 0. The Bertz CT molecular complexity index is 319. The molecule has 94 valence electrons. The molecule has 1 nitrogen and oxygen atoms in total. The van der Waals surface area contributed by atoms with Crippen molar-refractivity contribution in [3.05, 3.63) is 35.9 Å². The van der Waals surface area contributed by atoms with Crippen LogP contribution in [0, 0.1) is 18.3 Å². The molecule has 0 amide bonds. The number of terminal acetylenes is 1. The topological polar surface area (TPSA) is 17.1 Å². The fourth-order valence-electron chi connectivity index (χ4n) is 1.17. The third-order valence-corrected chi connectivity index (χ3v) is 1.97. The number of rotatable bonds is 3. The summed E-state index contributed by atoms with van der Waals surface area (Å²) in [4.78, 5) is 11.0. The summed E-state index contributed by atoms with van der Waals surface area (Å²) < 4.78 is 0. The smallest absolute Gasteiger partial charge is 0.145 e. The zero-order valence-corrected chi connectivity index (χ0v) is 11.7. The van der Waals surface area contributed by atoms with E-state index in [2.05, 4.69) is 5.92 Å². The van der Waals surface area contributed by atoms with Gasteiger partial charge in [-0.2, -0.15) is 0 Å². The highest BCUT2D eigenvalue weighted by molar-refractivity contribution is 5.81. The molecular weight excluding hydrogens is 208 g/mol. The number of carbonyl (C=O) groups excluding carboxylic acids is 1.